The Kier molecular flexibility index (Phi) is 5.09. The average Bonchev–Trinajstić information content (AvgIpc) is 2.62. The second-order valence-electron chi connectivity index (χ2n) is 7.46. The highest BCUT2D eigenvalue weighted by Crippen LogP contribution is 2.24. The van der Waals surface area contributed by atoms with Crippen LogP contribution in [0.5, 0.6) is 5.75 Å². The van der Waals surface area contributed by atoms with Crippen molar-refractivity contribution in [1.29, 1.82) is 0 Å². The second-order valence-corrected chi connectivity index (χ2v) is 7.46. The first kappa shape index (κ1) is 18.1. The van der Waals surface area contributed by atoms with E-state index in [0.717, 1.165) is 5.39 Å². The van der Waals surface area contributed by atoms with E-state index >= 15 is 0 Å². The van der Waals surface area contributed by atoms with Gasteiger partial charge in [0.25, 0.3) is 5.56 Å². The summed E-state index contributed by atoms with van der Waals surface area (Å²) in [7, 11) is 0. The summed E-state index contributed by atoms with van der Waals surface area (Å²) in [4.78, 5) is 12.4. The first-order valence-electron chi connectivity index (χ1n) is 8.71. The second kappa shape index (κ2) is 7.30. The highest BCUT2D eigenvalue weighted by atomic mass is 16.5. The summed E-state index contributed by atoms with van der Waals surface area (Å²) in [5.41, 5.74) is 1.09. The van der Waals surface area contributed by atoms with E-state index in [4.69, 9.17) is 4.74 Å². The molecule has 5 nitrogen and oxygen atoms in total. The van der Waals surface area contributed by atoms with E-state index in [1.807, 2.05) is 42.5 Å². The minimum absolute atomic E-state index is 0.0843. The van der Waals surface area contributed by atoms with Gasteiger partial charge in [0.15, 0.2) is 0 Å². The lowest BCUT2D eigenvalue weighted by molar-refractivity contribution is 0.0881. The van der Waals surface area contributed by atoms with Gasteiger partial charge < -0.3 is 9.84 Å². The fourth-order valence-electron chi connectivity index (χ4n) is 2.75. The van der Waals surface area contributed by atoms with E-state index in [2.05, 4.69) is 25.9 Å². The van der Waals surface area contributed by atoms with Crippen LogP contribution in [0.2, 0.25) is 0 Å². The van der Waals surface area contributed by atoms with Gasteiger partial charge >= 0.3 is 0 Å². The predicted molar refractivity (Wildman–Crippen MR) is 103 cm³/mol. The number of hydrogen-bond acceptors (Lipinski definition) is 4. The molecule has 1 N–H and O–H groups in total. The largest absolute Gasteiger partial charge is 0.491 e. The van der Waals surface area contributed by atoms with Crippen molar-refractivity contribution in [2.24, 2.45) is 0 Å². The molecule has 0 aliphatic carbocycles. The molecular weight excluding hydrogens is 328 g/mol. The number of aliphatic hydroxyl groups is 1. The zero-order valence-corrected chi connectivity index (χ0v) is 15.3. The number of aliphatic hydroxyl groups excluding tert-OH is 1. The van der Waals surface area contributed by atoms with Crippen LogP contribution in [-0.4, -0.2) is 27.6 Å². The van der Waals surface area contributed by atoms with Gasteiger partial charge in [0.1, 0.15) is 18.5 Å². The van der Waals surface area contributed by atoms with Crippen LogP contribution >= 0.6 is 0 Å². The van der Waals surface area contributed by atoms with Crippen molar-refractivity contribution in [3.05, 3.63) is 70.6 Å². The monoisotopic (exact) mass is 352 g/mol. The number of rotatable bonds is 5. The van der Waals surface area contributed by atoms with Gasteiger partial charge in [0.05, 0.1) is 18.1 Å². The number of ether oxygens (including phenoxy) is 1. The standard InChI is InChI=1S/C21H24N2O3/c1-21(2,3)16-8-10-18(11-9-16)26-14-17(24)13-23-20(25)19-7-5-4-6-15(19)12-22-23/h4-12,17,24H,13-14H2,1-3H3/t17-/m1/s1. The molecule has 5 heteroatoms. The van der Waals surface area contributed by atoms with Crippen molar-refractivity contribution in [3.63, 3.8) is 0 Å². The van der Waals surface area contributed by atoms with Gasteiger partial charge in [-0.25, -0.2) is 4.68 Å². The molecule has 3 rings (SSSR count). The third-order valence-corrected chi connectivity index (χ3v) is 4.31. The molecule has 0 spiro atoms. The van der Waals surface area contributed by atoms with Crippen molar-refractivity contribution < 1.29 is 9.84 Å². The Bertz CT molecular complexity index is 940. The molecule has 2 aromatic carbocycles. The van der Waals surface area contributed by atoms with E-state index < -0.39 is 6.10 Å². The van der Waals surface area contributed by atoms with Crippen LogP contribution in [0.25, 0.3) is 10.8 Å². The van der Waals surface area contributed by atoms with Gasteiger partial charge in [-0.05, 0) is 29.2 Å². The third-order valence-electron chi connectivity index (χ3n) is 4.31. The van der Waals surface area contributed by atoms with E-state index in [-0.39, 0.29) is 24.1 Å². The Hall–Kier alpha value is -2.66. The summed E-state index contributed by atoms with van der Waals surface area (Å²) in [6.07, 6.45) is 0.805. The van der Waals surface area contributed by atoms with Gasteiger partial charge in [-0.15, -0.1) is 0 Å². The van der Waals surface area contributed by atoms with E-state index in [1.54, 1.807) is 12.3 Å². The summed E-state index contributed by atoms with van der Waals surface area (Å²) in [6.45, 7) is 6.64. The molecule has 3 aromatic rings. The number of fused-ring (bicyclic) bond motifs is 1. The van der Waals surface area contributed by atoms with E-state index in [0.29, 0.717) is 11.1 Å². The minimum atomic E-state index is -0.830. The van der Waals surface area contributed by atoms with Crippen molar-refractivity contribution >= 4 is 10.8 Å². The zero-order valence-electron chi connectivity index (χ0n) is 15.3. The highest BCUT2D eigenvalue weighted by Gasteiger charge is 2.14. The Labute approximate surface area is 152 Å². The van der Waals surface area contributed by atoms with Crippen LogP contribution in [0.1, 0.15) is 26.3 Å². The summed E-state index contributed by atoms with van der Waals surface area (Å²) in [5.74, 6) is 0.691. The lowest BCUT2D eigenvalue weighted by atomic mass is 9.87. The Balaban J connectivity index is 1.63. The molecule has 26 heavy (non-hydrogen) atoms. The van der Waals surface area contributed by atoms with Crippen molar-refractivity contribution in [1.82, 2.24) is 9.78 Å². The normalized spacial score (nSPS) is 12.9. The van der Waals surface area contributed by atoms with Crippen molar-refractivity contribution in [2.45, 2.75) is 38.8 Å². The highest BCUT2D eigenvalue weighted by molar-refractivity contribution is 5.80. The van der Waals surface area contributed by atoms with E-state index in [1.165, 1.54) is 10.2 Å². The van der Waals surface area contributed by atoms with Gasteiger partial charge in [-0.2, -0.15) is 5.10 Å². The third kappa shape index (κ3) is 4.11. The molecule has 1 aromatic heterocycles. The molecule has 0 aliphatic heterocycles. The van der Waals surface area contributed by atoms with Crippen LogP contribution in [0.4, 0.5) is 0 Å². The smallest absolute Gasteiger partial charge is 0.274 e. The quantitative estimate of drug-likeness (QED) is 0.766. The molecule has 0 bridgehead atoms. The number of aromatic nitrogens is 2. The Morgan fingerprint density at radius 3 is 2.50 bits per heavy atom. The Morgan fingerprint density at radius 2 is 1.81 bits per heavy atom. The Morgan fingerprint density at radius 1 is 1.12 bits per heavy atom. The average molecular weight is 352 g/mol. The molecule has 0 amide bonds. The van der Waals surface area contributed by atoms with Gasteiger partial charge in [0.2, 0.25) is 0 Å². The molecule has 0 aliphatic rings. The SMILES string of the molecule is CC(C)(C)c1ccc(OC[C@H](O)Cn2ncc3ccccc3c2=O)cc1. The summed E-state index contributed by atoms with van der Waals surface area (Å²) in [6, 6.07) is 15.1. The van der Waals surface area contributed by atoms with Gasteiger partial charge in [0, 0.05) is 5.39 Å². The first-order valence-corrected chi connectivity index (χ1v) is 8.71. The lowest BCUT2D eigenvalue weighted by Crippen LogP contribution is -2.31. The molecule has 0 unspecified atom stereocenters. The summed E-state index contributed by atoms with van der Waals surface area (Å²) < 4.78 is 6.92. The number of hydrogen-bond donors (Lipinski definition) is 1. The molecule has 1 heterocycles. The lowest BCUT2D eigenvalue weighted by Gasteiger charge is -2.19. The molecule has 0 saturated heterocycles. The molecule has 1 atom stereocenters. The minimum Gasteiger partial charge on any atom is -0.491 e. The topological polar surface area (TPSA) is 64.3 Å². The number of benzene rings is 2. The maximum Gasteiger partial charge on any atom is 0.274 e. The molecular formula is C21H24N2O3. The number of nitrogens with zero attached hydrogens (tertiary/aromatic N) is 2. The van der Waals surface area contributed by atoms with Crippen LogP contribution in [0.15, 0.2) is 59.5 Å². The van der Waals surface area contributed by atoms with Crippen LogP contribution in [0.3, 0.4) is 0 Å². The summed E-state index contributed by atoms with van der Waals surface area (Å²) in [5, 5.41) is 15.7. The van der Waals surface area contributed by atoms with Crippen molar-refractivity contribution in [3.8, 4) is 5.75 Å². The fourth-order valence-corrected chi connectivity index (χ4v) is 2.75. The first-order chi connectivity index (χ1) is 12.3. The fraction of sp³-hybridized carbons (Fsp3) is 0.333. The molecule has 0 saturated carbocycles. The van der Waals surface area contributed by atoms with Gasteiger partial charge in [-0.3, -0.25) is 4.79 Å². The van der Waals surface area contributed by atoms with Crippen LogP contribution in [0, 0.1) is 0 Å². The molecule has 0 fully saturated rings. The molecule has 0 radical (unpaired) electrons. The summed E-state index contributed by atoms with van der Waals surface area (Å²) >= 11 is 0. The van der Waals surface area contributed by atoms with Crippen molar-refractivity contribution in [2.75, 3.05) is 6.61 Å². The predicted octanol–water partition coefficient (Wildman–Crippen LogP) is 3.13. The maximum absolute atomic E-state index is 12.4. The maximum atomic E-state index is 12.4. The molecule has 136 valence electrons. The zero-order chi connectivity index (χ0) is 18.7. The van der Waals surface area contributed by atoms with Gasteiger partial charge in [-0.1, -0.05) is 51.1 Å². The van der Waals surface area contributed by atoms with Crippen LogP contribution in [-0.2, 0) is 12.0 Å². The van der Waals surface area contributed by atoms with Crippen LogP contribution < -0.4 is 10.3 Å². The van der Waals surface area contributed by atoms with E-state index in [9.17, 15) is 9.90 Å².